The third-order valence-electron chi connectivity index (χ3n) is 7.76. The molecule has 43 heavy (non-hydrogen) atoms. The van der Waals surface area contributed by atoms with E-state index in [1.165, 1.54) is 12.1 Å². The Hall–Kier alpha value is -3.60. The lowest BCUT2D eigenvalue weighted by atomic mass is 9.85. The lowest BCUT2D eigenvalue weighted by Gasteiger charge is -2.29. The highest BCUT2D eigenvalue weighted by Gasteiger charge is 2.29. The Morgan fingerprint density at radius 1 is 0.930 bits per heavy atom. The van der Waals surface area contributed by atoms with Gasteiger partial charge in [-0.1, -0.05) is 48.5 Å². The molecule has 2 N–H and O–H groups in total. The minimum absolute atomic E-state index is 0.0644. The molecule has 1 aliphatic carbocycles. The average molecular weight is 610 g/mol. The third-order valence-corrected chi connectivity index (χ3v) is 9.29. The second kappa shape index (κ2) is 14.7. The van der Waals surface area contributed by atoms with Gasteiger partial charge in [-0.15, -0.1) is 0 Å². The van der Waals surface area contributed by atoms with Crippen molar-refractivity contribution in [1.29, 1.82) is 0 Å². The molecule has 1 atom stereocenters. The summed E-state index contributed by atoms with van der Waals surface area (Å²) in [5, 5.41) is 3.00. The lowest BCUT2D eigenvalue weighted by Crippen LogP contribution is -2.41. The van der Waals surface area contributed by atoms with Gasteiger partial charge in [0.2, 0.25) is 15.9 Å². The number of esters is 1. The van der Waals surface area contributed by atoms with Crippen molar-refractivity contribution in [2.24, 2.45) is 5.92 Å². The molecule has 0 unspecified atom stereocenters. The number of benzene rings is 3. The summed E-state index contributed by atoms with van der Waals surface area (Å²) in [4.78, 5) is 26.6. The Kier molecular flexibility index (Phi) is 11.1. The van der Waals surface area contributed by atoms with Crippen LogP contribution < -0.4 is 10.0 Å². The first-order valence-corrected chi connectivity index (χ1v) is 16.1. The van der Waals surface area contributed by atoms with Gasteiger partial charge in [0.05, 0.1) is 24.1 Å². The molecule has 3 aromatic rings. The zero-order chi connectivity index (χ0) is 31.0. The number of likely N-dealkylation sites (N-methyl/N-ethyl adjacent to an activating group) is 1. The van der Waals surface area contributed by atoms with Crippen LogP contribution in [0.15, 0.2) is 77.7 Å². The summed E-state index contributed by atoms with van der Waals surface area (Å²) in [7, 11) is -1.85. The summed E-state index contributed by atoms with van der Waals surface area (Å²) in [6, 6.07) is 20.3. The van der Waals surface area contributed by atoms with E-state index in [2.05, 4.69) is 10.0 Å². The number of nitrogens with zero attached hydrogens (tertiary/aromatic N) is 1. The Balaban J connectivity index is 1.26. The number of carbonyl (C=O) groups excluding carboxylic acids is 2. The Morgan fingerprint density at radius 2 is 1.51 bits per heavy atom. The van der Waals surface area contributed by atoms with Crippen molar-refractivity contribution in [2.75, 3.05) is 20.2 Å². The van der Waals surface area contributed by atoms with Gasteiger partial charge in [-0.2, -0.15) is 0 Å². The number of sulfonamides is 1. The monoisotopic (exact) mass is 609 g/mol. The van der Waals surface area contributed by atoms with Gasteiger partial charge in [-0.05, 0) is 93.1 Å². The molecular weight excluding hydrogens is 569 g/mol. The highest BCUT2D eigenvalue weighted by Crippen LogP contribution is 2.28. The first kappa shape index (κ1) is 32.3. The molecule has 1 amide bonds. The second-order valence-corrected chi connectivity index (χ2v) is 12.9. The average Bonchev–Trinajstić information content (AvgIpc) is 2.98. The van der Waals surface area contributed by atoms with E-state index in [1.54, 1.807) is 43.3 Å². The molecule has 1 saturated carbocycles. The molecule has 4 rings (SSSR count). The summed E-state index contributed by atoms with van der Waals surface area (Å²) in [6.07, 6.45) is 2.31. The van der Waals surface area contributed by atoms with Crippen molar-refractivity contribution in [3.05, 3.63) is 89.7 Å². The van der Waals surface area contributed by atoms with Gasteiger partial charge in [0.25, 0.3) is 0 Å². The normalized spacial score (nSPS) is 17.8. The van der Waals surface area contributed by atoms with Crippen molar-refractivity contribution >= 4 is 21.9 Å². The summed E-state index contributed by atoms with van der Waals surface area (Å²) in [5.74, 6) is -0.827. The van der Waals surface area contributed by atoms with Crippen LogP contribution in [0.2, 0.25) is 0 Å². The lowest BCUT2D eigenvalue weighted by molar-refractivity contribution is -0.144. The van der Waals surface area contributed by atoms with Crippen LogP contribution in [0.4, 0.5) is 4.39 Å². The fraction of sp³-hybridized carbons (Fsp3) is 0.394. The predicted octanol–water partition coefficient (Wildman–Crippen LogP) is 5.20. The van der Waals surface area contributed by atoms with Crippen LogP contribution in [0.1, 0.15) is 56.7 Å². The van der Waals surface area contributed by atoms with E-state index in [-0.39, 0.29) is 47.1 Å². The van der Waals surface area contributed by atoms with Gasteiger partial charge >= 0.3 is 5.97 Å². The maximum absolute atomic E-state index is 13.2. The molecule has 0 radical (unpaired) electrons. The number of hydrogen-bond acceptors (Lipinski definition) is 6. The van der Waals surface area contributed by atoms with E-state index >= 15 is 0 Å². The molecule has 1 aliphatic rings. The molecule has 3 aromatic carbocycles. The van der Waals surface area contributed by atoms with Gasteiger partial charge in [0.1, 0.15) is 5.82 Å². The summed E-state index contributed by atoms with van der Waals surface area (Å²) in [5.41, 5.74) is 3.73. The molecular formula is C33H40FN3O5S. The Morgan fingerprint density at radius 3 is 2.09 bits per heavy atom. The van der Waals surface area contributed by atoms with Crippen molar-refractivity contribution in [3.8, 4) is 11.1 Å². The van der Waals surface area contributed by atoms with Crippen molar-refractivity contribution in [3.63, 3.8) is 0 Å². The van der Waals surface area contributed by atoms with E-state index in [1.807, 2.05) is 43.1 Å². The number of nitrogens with one attached hydrogen (secondary N) is 2. The van der Waals surface area contributed by atoms with E-state index in [0.29, 0.717) is 38.8 Å². The quantitative estimate of drug-likeness (QED) is 0.274. The maximum atomic E-state index is 13.2. The fourth-order valence-electron chi connectivity index (χ4n) is 5.35. The number of rotatable bonds is 12. The minimum atomic E-state index is -3.71. The first-order valence-electron chi connectivity index (χ1n) is 14.7. The number of halogens is 1. The molecule has 0 heterocycles. The van der Waals surface area contributed by atoms with Gasteiger partial charge in [-0.25, -0.2) is 17.5 Å². The van der Waals surface area contributed by atoms with Crippen LogP contribution in [-0.4, -0.2) is 51.4 Å². The van der Waals surface area contributed by atoms with Crippen LogP contribution in [0.3, 0.4) is 0 Å². The molecule has 0 spiro atoms. The summed E-state index contributed by atoms with van der Waals surface area (Å²) >= 11 is 0. The van der Waals surface area contributed by atoms with Crippen molar-refractivity contribution < 1.29 is 27.1 Å². The zero-order valence-corrected chi connectivity index (χ0v) is 25.7. The maximum Gasteiger partial charge on any atom is 0.320 e. The van der Waals surface area contributed by atoms with Crippen molar-refractivity contribution in [2.45, 2.75) is 63.1 Å². The summed E-state index contributed by atoms with van der Waals surface area (Å²) < 4.78 is 47.2. The van der Waals surface area contributed by atoms with Gasteiger partial charge in [0.15, 0.2) is 0 Å². The highest BCUT2D eigenvalue weighted by molar-refractivity contribution is 7.89. The van der Waals surface area contributed by atoms with E-state index in [9.17, 15) is 22.4 Å². The largest absolute Gasteiger partial charge is 0.465 e. The molecule has 8 nitrogen and oxygen atoms in total. The topological polar surface area (TPSA) is 105 Å². The van der Waals surface area contributed by atoms with Crippen LogP contribution in [0.5, 0.6) is 0 Å². The highest BCUT2D eigenvalue weighted by atomic mass is 32.2. The number of ether oxygens (including phenoxy) is 1. The second-order valence-electron chi connectivity index (χ2n) is 11.2. The number of carbonyl (C=O) groups is 2. The standard InChI is InChI=1S/C33H40FN3O5S/c1-4-42-32(38)22-37(3)21-24-5-7-26(8-6-24)27-13-19-31(20-14-27)43(40,41)36-30-17-11-28(12-18-30)33(39)35-23(2)25-9-15-29(34)16-10-25/h5-10,13-16,19-20,23,28,30,36H,4,11-12,17-18,21-22H2,1-3H3,(H,35,39)/t23-,28?,30?/m1/s1. The van der Waals surface area contributed by atoms with Gasteiger partial charge in [0, 0.05) is 18.5 Å². The SMILES string of the molecule is CCOC(=O)CN(C)Cc1ccc(-c2ccc(S(=O)(=O)NC3CCC(C(=O)N[C@H](C)c4ccc(F)cc4)CC3)cc2)cc1. The van der Waals surface area contributed by atoms with E-state index in [4.69, 9.17) is 4.74 Å². The minimum Gasteiger partial charge on any atom is -0.465 e. The Bertz CT molecular complexity index is 1470. The third kappa shape index (κ3) is 9.19. The molecule has 0 aromatic heterocycles. The molecule has 1 fully saturated rings. The molecule has 10 heteroatoms. The zero-order valence-electron chi connectivity index (χ0n) is 24.9. The predicted molar refractivity (Wildman–Crippen MR) is 164 cm³/mol. The van der Waals surface area contributed by atoms with Crippen LogP contribution in [0, 0.1) is 11.7 Å². The van der Waals surface area contributed by atoms with Crippen molar-refractivity contribution in [1.82, 2.24) is 14.9 Å². The molecule has 0 bridgehead atoms. The van der Waals surface area contributed by atoms with E-state index < -0.39 is 10.0 Å². The molecule has 230 valence electrons. The molecule has 0 saturated heterocycles. The number of hydrogen-bond donors (Lipinski definition) is 2. The summed E-state index contributed by atoms with van der Waals surface area (Å²) in [6.45, 7) is 4.82. The van der Waals surface area contributed by atoms with Gasteiger partial charge < -0.3 is 10.1 Å². The fourth-order valence-corrected chi connectivity index (χ4v) is 6.66. The number of amides is 1. The molecule has 0 aliphatic heterocycles. The van der Waals surface area contributed by atoms with Crippen LogP contribution in [-0.2, 0) is 30.9 Å². The smallest absolute Gasteiger partial charge is 0.320 e. The first-order chi connectivity index (χ1) is 20.5. The van der Waals surface area contributed by atoms with Crippen LogP contribution >= 0.6 is 0 Å². The van der Waals surface area contributed by atoms with Crippen LogP contribution in [0.25, 0.3) is 11.1 Å². The Labute approximate surface area is 253 Å². The van der Waals surface area contributed by atoms with Gasteiger partial charge in [-0.3, -0.25) is 14.5 Å². The van der Waals surface area contributed by atoms with E-state index in [0.717, 1.165) is 22.3 Å².